The average Bonchev–Trinajstić information content (AvgIpc) is 2.78. The van der Waals surface area contributed by atoms with E-state index in [-0.39, 0.29) is 17.1 Å². The number of rotatable bonds is 7. The monoisotopic (exact) mass is 406 g/mol. The molecule has 0 fully saturated rings. The van der Waals surface area contributed by atoms with Gasteiger partial charge in [-0.25, -0.2) is 9.18 Å². The molecule has 0 atom stereocenters. The highest BCUT2D eigenvalue weighted by Gasteiger charge is 2.13. The molecule has 0 bridgehead atoms. The molecule has 0 spiro atoms. The van der Waals surface area contributed by atoms with Gasteiger partial charge in [-0.1, -0.05) is 12.1 Å². The summed E-state index contributed by atoms with van der Waals surface area (Å²) in [5.74, 6) is -0.256. The molecule has 0 N–H and O–H groups in total. The maximum Gasteiger partial charge on any atom is 0.346 e. The Labute approximate surface area is 173 Å². The van der Waals surface area contributed by atoms with E-state index < -0.39 is 11.8 Å². The molecule has 0 saturated carbocycles. The van der Waals surface area contributed by atoms with E-state index in [0.717, 1.165) is 0 Å². The van der Waals surface area contributed by atoms with Crippen LogP contribution < -0.4 is 14.2 Å². The summed E-state index contributed by atoms with van der Waals surface area (Å²) in [6, 6.07) is 16.8. The van der Waals surface area contributed by atoms with Crippen LogP contribution in [0.2, 0.25) is 0 Å². The van der Waals surface area contributed by atoms with E-state index >= 15 is 0 Å². The van der Waals surface area contributed by atoms with Crippen molar-refractivity contribution in [1.82, 2.24) is 0 Å². The molecule has 5 nitrogen and oxygen atoms in total. The molecule has 0 aromatic heterocycles. The van der Waals surface area contributed by atoms with Crippen molar-refractivity contribution in [2.75, 3.05) is 14.2 Å². The summed E-state index contributed by atoms with van der Waals surface area (Å²) in [4.78, 5) is 24.5. The molecular weight excluding hydrogens is 387 g/mol. The zero-order valence-corrected chi connectivity index (χ0v) is 16.4. The highest BCUT2D eigenvalue weighted by atomic mass is 19.1. The predicted molar refractivity (Wildman–Crippen MR) is 111 cm³/mol. The van der Waals surface area contributed by atoms with Crippen LogP contribution in [0.4, 0.5) is 4.39 Å². The number of esters is 1. The molecule has 3 aromatic carbocycles. The molecule has 0 saturated heterocycles. The normalized spacial score (nSPS) is 10.6. The Morgan fingerprint density at radius 2 is 1.57 bits per heavy atom. The number of hydrogen-bond acceptors (Lipinski definition) is 5. The molecule has 0 aliphatic rings. The van der Waals surface area contributed by atoms with E-state index in [4.69, 9.17) is 14.2 Å². The summed E-state index contributed by atoms with van der Waals surface area (Å²) in [5.41, 5.74) is 0.937. The van der Waals surface area contributed by atoms with Crippen molar-refractivity contribution in [3.63, 3.8) is 0 Å². The molecule has 3 aromatic rings. The third-order valence-corrected chi connectivity index (χ3v) is 4.29. The van der Waals surface area contributed by atoms with Crippen molar-refractivity contribution in [3.05, 3.63) is 95.3 Å². The van der Waals surface area contributed by atoms with Gasteiger partial charge < -0.3 is 14.2 Å². The predicted octanol–water partition coefficient (Wildman–Crippen LogP) is 4.96. The standard InChI is InChI=1S/C24H19FO5/c1-28-19-12-14-23(29-2)17(15-19)9-13-22(26)16-7-10-18(11-8-16)30-24(27)20-5-3-4-6-21(20)25/h3-15H,1-2H3. The Kier molecular flexibility index (Phi) is 6.60. The molecule has 0 amide bonds. The van der Waals surface area contributed by atoms with Crippen LogP contribution >= 0.6 is 0 Å². The van der Waals surface area contributed by atoms with E-state index in [9.17, 15) is 14.0 Å². The van der Waals surface area contributed by atoms with E-state index in [1.165, 1.54) is 48.5 Å². The SMILES string of the molecule is COc1ccc(OC)c(C=CC(=O)c2ccc(OC(=O)c3ccccc3F)cc2)c1. The fraction of sp³-hybridized carbons (Fsp3) is 0.0833. The number of halogens is 1. The minimum atomic E-state index is -0.808. The van der Waals surface area contributed by atoms with Crippen LogP contribution in [0.15, 0.2) is 72.8 Å². The largest absolute Gasteiger partial charge is 0.497 e. The van der Waals surface area contributed by atoms with Crippen LogP contribution in [0, 0.1) is 5.82 Å². The lowest BCUT2D eigenvalue weighted by molar-refractivity contribution is 0.0730. The zero-order valence-electron chi connectivity index (χ0n) is 16.4. The van der Waals surface area contributed by atoms with Gasteiger partial charge in [-0.2, -0.15) is 0 Å². The number of methoxy groups -OCH3 is 2. The summed E-state index contributed by atoms with van der Waals surface area (Å²) < 4.78 is 29.3. The Balaban J connectivity index is 1.70. The number of ether oxygens (including phenoxy) is 3. The Hall–Kier alpha value is -3.93. The number of carbonyl (C=O) groups is 2. The van der Waals surface area contributed by atoms with Crippen molar-refractivity contribution < 1.29 is 28.2 Å². The van der Waals surface area contributed by atoms with Crippen molar-refractivity contribution in [2.24, 2.45) is 0 Å². The Morgan fingerprint density at radius 1 is 0.867 bits per heavy atom. The first kappa shape index (κ1) is 20.8. The third kappa shape index (κ3) is 4.91. The van der Waals surface area contributed by atoms with Crippen molar-refractivity contribution in [1.29, 1.82) is 0 Å². The lowest BCUT2D eigenvalue weighted by Crippen LogP contribution is -2.10. The second-order valence-corrected chi connectivity index (χ2v) is 6.20. The van der Waals surface area contributed by atoms with Crippen LogP contribution in [0.25, 0.3) is 6.08 Å². The molecule has 152 valence electrons. The summed E-state index contributed by atoms with van der Waals surface area (Å²) in [7, 11) is 3.10. The lowest BCUT2D eigenvalue weighted by Gasteiger charge is -2.07. The first-order chi connectivity index (χ1) is 14.5. The minimum absolute atomic E-state index is 0.159. The number of benzene rings is 3. The van der Waals surface area contributed by atoms with Gasteiger partial charge in [0.2, 0.25) is 0 Å². The fourth-order valence-electron chi connectivity index (χ4n) is 2.71. The van der Waals surface area contributed by atoms with Gasteiger partial charge in [0.05, 0.1) is 19.8 Å². The molecule has 0 aliphatic heterocycles. The smallest absolute Gasteiger partial charge is 0.346 e. The van der Waals surface area contributed by atoms with Gasteiger partial charge in [0, 0.05) is 11.1 Å². The van der Waals surface area contributed by atoms with Crippen molar-refractivity contribution in [3.8, 4) is 17.2 Å². The maximum atomic E-state index is 13.7. The quantitative estimate of drug-likeness (QED) is 0.240. The average molecular weight is 406 g/mol. The van der Waals surface area contributed by atoms with E-state index in [0.29, 0.717) is 22.6 Å². The number of allylic oxidation sites excluding steroid dienone is 1. The molecule has 0 radical (unpaired) electrons. The van der Waals surface area contributed by atoms with Crippen LogP contribution in [0.5, 0.6) is 17.2 Å². The highest BCUT2D eigenvalue weighted by Crippen LogP contribution is 2.25. The summed E-state index contributed by atoms with van der Waals surface area (Å²) in [5, 5.41) is 0. The van der Waals surface area contributed by atoms with Gasteiger partial charge in [0.25, 0.3) is 0 Å². The van der Waals surface area contributed by atoms with E-state index in [1.807, 2.05) is 0 Å². The van der Waals surface area contributed by atoms with Gasteiger partial charge >= 0.3 is 5.97 Å². The maximum absolute atomic E-state index is 13.7. The van der Waals surface area contributed by atoms with Gasteiger partial charge in [-0.3, -0.25) is 4.79 Å². The third-order valence-electron chi connectivity index (χ3n) is 4.29. The molecule has 30 heavy (non-hydrogen) atoms. The number of carbonyl (C=O) groups excluding carboxylic acids is 2. The number of hydrogen-bond donors (Lipinski definition) is 0. The summed E-state index contributed by atoms with van der Waals surface area (Å²) in [6.07, 6.45) is 3.05. The van der Waals surface area contributed by atoms with Crippen LogP contribution in [0.1, 0.15) is 26.3 Å². The fourth-order valence-corrected chi connectivity index (χ4v) is 2.71. The Morgan fingerprint density at radius 3 is 2.23 bits per heavy atom. The molecule has 0 aliphatic carbocycles. The van der Waals surface area contributed by atoms with Crippen molar-refractivity contribution in [2.45, 2.75) is 0 Å². The lowest BCUT2D eigenvalue weighted by atomic mass is 10.1. The first-order valence-electron chi connectivity index (χ1n) is 9.03. The highest BCUT2D eigenvalue weighted by molar-refractivity contribution is 6.07. The van der Waals surface area contributed by atoms with Crippen LogP contribution in [0.3, 0.4) is 0 Å². The second-order valence-electron chi connectivity index (χ2n) is 6.20. The molecule has 3 rings (SSSR count). The van der Waals surface area contributed by atoms with Crippen LogP contribution in [-0.4, -0.2) is 26.0 Å². The zero-order chi connectivity index (χ0) is 21.5. The number of ketones is 1. The molecule has 0 unspecified atom stereocenters. The molecular formula is C24H19FO5. The molecule has 6 heteroatoms. The van der Waals surface area contributed by atoms with Crippen molar-refractivity contribution >= 4 is 17.8 Å². The van der Waals surface area contributed by atoms with Crippen LogP contribution in [-0.2, 0) is 0 Å². The first-order valence-corrected chi connectivity index (χ1v) is 9.03. The second kappa shape index (κ2) is 9.52. The summed E-state index contributed by atoms with van der Waals surface area (Å²) >= 11 is 0. The summed E-state index contributed by atoms with van der Waals surface area (Å²) in [6.45, 7) is 0. The molecule has 0 heterocycles. The van der Waals surface area contributed by atoms with E-state index in [1.54, 1.807) is 44.6 Å². The Bertz CT molecular complexity index is 1090. The van der Waals surface area contributed by atoms with Gasteiger partial charge in [-0.15, -0.1) is 0 Å². The topological polar surface area (TPSA) is 61.8 Å². The van der Waals surface area contributed by atoms with Gasteiger partial charge in [-0.05, 0) is 66.7 Å². The minimum Gasteiger partial charge on any atom is -0.497 e. The van der Waals surface area contributed by atoms with E-state index in [2.05, 4.69) is 0 Å². The van der Waals surface area contributed by atoms with Gasteiger partial charge in [0.1, 0.15) is 23.1 Å². The van der Waals surface area contributed by atoms with Gasteiger partial charge in [0.15, 0.2) is 5.78 Å².